The average molecular weight is 626 g/mol. The van der Waals surface area contributed by atoms with Gasteiger partial charge < -0.3 is 14.2 Å². The van der Waals surface area contributed by atoms with Crippen LogP contribution in [0.4, 0.5) is 8.78 Å². The second-order valence-electron chi connectivity index (χ2n) is 8.95. The van der Waals surface area contributed by atoms with Crippen molar-refractivity contribution < 1.29 is 27.8 Å². The second-order valence-corrected chi connectivity index (χ2v) is 10.1. The fourth-order valence-electron chi connectivity index (χ4n) is 4.71. The van der Waals surface area contributed by atoms with Crippen LogP contribution in [0.25, 0.3) is 0 Å². The molecule has 0 bridgehead atoms. The summed E-state index contributed by atoms with van der Waals surface area (Å²) in [6.45, 7) is -0.249. The van der Waals surface area contributed by atoms with E-state index in [-0.39, 0.29) is 12.2 Å². The Bertz CT molecular complexity index is 1240. The lowest BCUT2D eigenvalue weighted by Gasteiger charge is -2.37. The molecule has 0 saturated carbocycles. The Morgan fingerprint density at radius 1 is 0.763 bits per heavy atom. The minimum absolute atomic E-state index is 0.187. The van der Waals surface area contributed by atoms with E-state index in [4.69, 9.17) is 14.2 Å². The number of ether oxygens (including phenoxy) is 3. The van der Waals surface area contributed by atoms with Crippen LogP contribution in [0, 0.1) is 0 Å². The van der Waals surface area contributed by atoms with Gasteiger partial charge in [0.25, 0.3) is 0 Å². The molecular weight excluding hydrogens is 601 g/mol. The fraction of sp³-hybridized carbons (Fsp3) is 0.194. The van der Waals surface area contributed by atoms with Crippen molar-refractivity contribution in [3.05, 3.63) is 144 Å². The molecule has 0 aliphatic carbocycles. The van der Waals surface area contributed by atoms with E-state index in [0.717, 1.165) is 16.7 Å². The molecule has 4 aromatic carbocycles. The van der Waals surface area contributed by atoms with E-state index >= 15 is 8.78 Å². The van der Waals surface area contributed by atoms with Crippen LogP contribution in [-0.4, -0.2) is 34.8 Å². The Balaban J connectivity index is 1.52. The predicted octanol–water partition coefficient (Wildman–Crippen LogP) is 7.02. The third-order valence-corrected chi connectivity index (χ3v) is 7.69. The third kappa shape index (κ3) is 5.10. The van der Waals surface area contributed by atoms with E-state index in [1.54, 1.807) is 40.8 Å². The fourth-order valence-corrected chi connectivity index (χ4v) is 5.44. The van der Waals surface area contributed by atoms with Crippen molar-refractivity contribution in [1.82, 2.24) is 0 Å². The lowest BCUT2D eigenvalue weighted by atomic mass is 9.80. The van der Waals surface area contributed by atoms with Gasteiger partial charge in [-0.2, -0.15) is 8.78 Å². The van der Waals surface area contributed by atoms with Crippen molar-refractivity contribution in [2.45, 2.75) is 27.8 Å². The maximum atomic E-state index is 15.3. The molecule has 7 heteroatoms. The predicted molar refractivity (Wildman–Crippen MR) is 148 cm³/mol. The number of hydrogen-bond donors (Lipinski definition) is 0. The first kappa shape index (κ1) is 26.5. The van der Waals surface area contributed by atoms with Crippen LogP contribution in [0.3, 0.4) is 0 Å². The molecule has 3 atom stereocenters. The summed E-state index contributed by atoms with van der Waals surface area (Å²) < 4.78 is 46.7. The van der Waals surface area contributed by atoms with Gasteiger partial charge in [0.2, 0.25) is 0 Å². The lowest BCUT2D eigenvalue weighted by molar-refractivity contribution is -0.106. The Morgan fingerprint density at radius 3 is 1.63 bits per heavy atom. The maximum Gasteiger partial charge on any atom is 0.338 e. The quantitative estimate of drug-likeness (QED) is 0.0914. The summed E-state index contributed by atoms with van der Waals surface area (Å²) in [5.74, 6) is -4.25. The molecule has 0 N–H and O–H groups in total. The zero-order valence-corrected chi connectivity index (χ0v) is 22.4. The minimum Gasteiger partial charge on any atom is -0.449 e. The van der Waals surface area contributed by atoms with Gasteiger partial charge in [-0.3, -0.25) is 0 Å². The monoisotopic (exact) mass is 626 g/mol. The Labute approximate surface area is 233 Å². The van der Waals surface area contributed by atoms with Crippen molar-refractivity contribution in [1.29, 1.82) is 0 Å². The number of benzene rings is 4. The maximum absolute atomic E-state index is 15.3. The number of carbonyl (C=O) groups excluding carboxylic acids is 1. The number of hydrogen-bond acceptors (Lipinski definition) is 4. The van der Waals surface area contributed by atoms with Gasteiger partial charge in [-0.25, -0.2) is 4.79 Å². The minimum atomic E-state index is -3.41. The molecule has 4 aromatic rings. The van der Waals surface area contributed by atoms with E-state index in [0.29, 0.717) is 0 Å². The Hall–Kier alpha value is -3.14. The van der Waals surface area contributed by atoms with Gasteiger partial charge in [-0.15, -0.1) is 0 Å². The Morgan fingerprint density at radius 2 is 1.18 bits per heavy atom. The van der Waals surface area contributed by atoms with Gasteiger partial charge in [0, 0.05) is 0 Å². The molecule has 5 rings (SSSR count). The van der Waals surface area contributed by atoms with Crippen LogP contribution in [0.15, 0.2) is 121 Å². The first-order chi connectivity index (χ1) is 18.4. The van der Waals surface area contributed by atoms with Crippen LogP contribution >= 0.6 is 22.6 Å². The summed E-state index contributed by atoms with van der Waals surface area (Å²) in [6, 6.07) is 36.9. The molecule has 0 amide bonds. The largest absolute Gasteiger partial charge is 0.449 e. The van der Waals surface area contributed by atoms with Gasteiger partial charge >= 0.3 is 11.9 Å². The Kier molecular flexibility index (Phi) is 7.88. The van der Waals surface area contributed by atoms with E-state index in [1.165, 1.54) is 12.1 Å². The summed E-state index contributed by atoms with van der Waals surface area (Å²) in [6.07, 6.45) is -3.02. The molecule has 1 aliphatic heterocycles. The number of carbonyl (C=O) groups is 1. The highest BCUT2D eigenvalue weighted by Gasteiger charge is 2.61. The first-order valence-corrected chi connectivity index (χ1v) is 13.4. The zero-order valence-electron chi connectivity index (χ0n) is 20.3. The van der Waals surface area contributed by atoms with Crippen LogP contribution in [0.1, 0.15) is 27.0 Å². The summed E-state index contributed by atoms with van der Waals surface area (Å²) in [5.41, 5.74) is 1.54. The van der Waals surface area contributed by atoms with Crippen LogP contribution in [0.5, 0.6) is 0 Å². The number of halogens is 3. The molecule has 1 saturated heterocycles. The molecule has 0 radical (unpaired) electrons. The molecule has 0 aromatic heterocycles. The number of rotatable bonds is 8. The molecule has 4 nitrogen and oxygen atoms in total. The molecule has 1 aliphatic rings. The van der Waals surface area contributed by atoms with E-state index < -0.39 is 33.8 Å². The van der Waals surface area contributed by atoms with Gasteiger partial charge in [-0.05, 0) is 51.4 Å². The SMILES string of the molecule is O=C(OC1[C@@H](COC(c2ccccc2)(c2ccccc2)c2ccccc2)O[C@@H](I)C1(F)F)c1ccccc1. The number of esters is 1. The highest BCUT2D eigenvalue weighted by molar-refractivity contribution is 14.1. The normalized spacial score (nSPS) is 20.7. The van der Waals surface area contributed by atoms with Crippen LogP contribution < -0.4 is 0 Å². The average Bonchev–Trinajstić information content (AvgIpc) is 3.18. The zero-order chi connectivity index (χ0) is 26.6. The van der Waals surface area contributed by atoms with Crippen molar-refractivity contribution in [2.75, 3.05) is 6.61 Å². The van der Waals surface area contributed by atoms with Gasteiger partial charge in [0.15, 0.2) is 10.2 Å². The highest BCUT2D eigenvalue weighted by atomic mass is 127. The molecule has 0 spiro atoms. The molecule has 1 fully saturated rings. The van der Waals surface area contributed by atoms with E-state index in [2.05, 4.69) is 0 Å². The van der Waals surface area contributed by atoms with Crippen LogP contribution in [0.2, 0.25) is 0 Å². The summed E-state index contributed by atoms with van der Waals surface area (Å²) in [7, 11) is 0. The topological polar surface area (TPSA) is 44.8 Å². The van der Waals surface area contributed by atoms with Crippen molar-refractivity contribution in [3.8, 4) is 0 Å². The lowest BCUT2D eigenvalue weighted by Crippen LogP contribution is -2.44. The van der Waals surface area contributed by atoms with Gasteiger partial charge in [0.05, 0.1) is 12.2 Å². The summed E-state index contributed by atoms with van der Waals surface area (Å²) in [5, 5.41) is 0. The van der Waals surface area contributed by atoms with Gasteiger partial charge in [0.1, 0.15) is 11.7 Å². The summed E-state index contributed by atoms with van der Waals surface area (Å²) in [4.78, 5) is 12.8. The van der Waals surface area contributed by atoms with Crippen molar-refractivity contribution >= 4 is 28.6 Å². The smallest absolute Gasteiger partial charge is 0.338 e. The number of alkyl halides is 3. The van der Waals surface area contributed by atoms with E-state index in [9.17, 15) is 4.79 Å². The van der Waals surface area contributed by atoms with E-state index in [1.807, 2.05) is 91.0 Å². The standard InChI is InChI=1S/C31H25F2IO4/c32-31(33)27(38-28(35)22-13-5-1-6-14-22)26(37-29(31)34)21-36-30(23-15-7-2-8-16-23,24-17-9-3-10-18-24)25-19-11-4-12-20-25/h1-20,26-27,29H,21H2/t26-,27?,29-/m1/s1. The molecule has 194 valence electrons. The van der Waals surface area contributed by atoms with Crippen LogP contribution in [-0.2, 0) is 19.8 Å². The van der Waals surface area contributed by atoms with Crippen molar-refractivity contribution in [2.24, 2.45) is 0 Å². The molecule has 1 heterocycles. The highest BCUT2D eigenvalue weighted by Crippen LogP contribution is 2.45. The second kappa shape index (κ2) is 11.3. The first-order valence-electron chi connectivity index (χ1n) is 12.2. The van der Waals surface area contributed by atoms with Gasteiger partial charge in [-0.1, -0.05) is 109 Å². The van der Waals surface area contributed by atoms with Crippen molar-refractivity contribution in [3.63, 3.8) is 0 Å². The molecule has 38 heavy (non-hydrogen) atoms. The summed E-state index contributed by atoms with van der Waals surface area (Å²) >= 11 is 1.54. The third-order valence-electron chi connectivity index (χ3n) is 6.56. The molecule has 1 unspecified atom stereocenters. The molecular formula is C31H25F2IO4.